The number of aliphatic hydroxyl groups excluding tert-OH is 1. The van der Waals surface area contributed by atoms with Crippen LogP contribution in [0.25, 0.3) is 0 Å². The van der Waals surface area contributed by atoms with Crippen molar-refractivity contribution < 1.29 is 5.11 Å². The van der Waals surface area contributed by atoms with Gasteiger partial charge in [0.2, 0.25) is 0 Å². The molecule has 0 saturated heterocycles. The van der Waals surface area contributed by atoms with E-state index >= 15 is 0 Å². The molecule has 3 aromatic carbocycles. The second-order valence-electron chi connectivity index (χ2n) is 6.35. The minimum atomic E-state index is -0.413. The van der Waals surface area contributed by atoms with Crippen LogP contribution in [0.3, 0.4) is 0 Å². The monoisotopic (exact) mass is 380 g/mol. The Morgan fingerprint density at radius 2 is 1.33 bits per heavy atom. The first kappa shape index (κ1) is 15.7. The average Bonchev–Trinajstić information content (AvgIpc) is 3.39. The summed E-state index contributed by atoms with van der Waals surface area (Å²) in [5.74, 6) is 0.439. The molecule has 0 heterocycles. The quantitative estimate of drug-likeness (QED) is 0.662. The molecule has 1 aliphatic carbocycles. The molecule has 2 heteroatoms. The molecule has 1 fully saturated rings. The standard InChI is InChI=1S/C22H20OSe/c23-21(18-12-6-2-7-13-18)22(24-19-14-8-3-9-15-19)16-20(22)17-10-4-1-5-11-17/h1-15,20-21,23H,16H2/t20-,21?,22+/m1/s1. The Bertz CT molecular complexity index is 788. The van der Waals surface area contributed by atoms with Gasteiger partial charge in [-0.15, -0.1) is 0 Å². The van der Waals surface area contributed by atoms with Gasteiger partial charge in [0.1, 0.15) is 0 Å². The van der Waals surface area contributed by atoms with Gasteiger partial charge < -0.3 is 0 Å². The summed E-state index contributed by atoms with van der Waals surface area (Å²) in [5, 5.41) is 11.2. The second-order valence-corrected chi connectivity index (χ2v) is 9.36. The van der Waals surface area contributed by atoms with Crippen LogP contribution in [0.2, 0.25) is 4.31 Å². The summed E-state index contributed by atoms with van der Waals surface area (Å²) < 4.78 is 1.32. The molecule has 0 bridgehead atoms. The molecule has 4 rings (SSSR count). The molecule has 120 valence electrons. The van der Waals surface area contributed by atoms with Crippen LogP contribution in [-0.2, 0) is 0 Å². The predicted molar refractivity (Wildman–Crippen MR) is 99.7 cm³/mol. The third-order valence-corrected chi connectivity index (χ3v) is 8.06. The van der Waals surface area contributed by atoms with Crippen LogP contribution in [0.1, 0.15) is 29.6 Å². The summed E-state index contributed by atoms with van der Waals surface area (Å²) in [6.45, 7) is 0. The number of hydrogen-bond donors (Lipinski definition) is 1. The van der Waals surface area contributed by atoms with Crippen molar-refractivity contribution in [1.29, 1.82) is 0 Å². The molecule has 3 atom stereocenters. The summed E-state index contributed by atoms with van der Waals surface area (Å²) in [6.07, 6.45) is 0.645. The van der Waals surface area contributed by atoms with Crippen molar-refractivity contribution in [3.8, 4) is 0 Å². The molecule has 1 N–H and O–H groups in total. The van der Waals surface area contributed by atoms with Gasteiger partial charge in [0, 0.05) is 0 Å². The third kappa shape index (κ3) is 2.93. The fourth-order valence-corrected chi connectivity index (χ4v) is 6.61. The molecule has 1 unspecified atom stereocenters. The summed E-state index contributed by atoms with van der Waals surface area (Å²) in [7, 11) is 0. The molecular weight excluding hydrogens is 359 g/mol. The van der Waals surface area contributed by atoms with Crippen molar-refractivity contribution in [1.82, 2.24) is 0 Å². The fraction of sp³-hybridized carbons (Fsp3) is 0.182. The predicted octanol–water partition coefficient (Wildman–Crippen LogP) is 4.10. The summed E-state index contributed by atoms with van der Waals surface area (Å²) in [5.41, 5.74) is 2.39. The normalized spacial score (nSPS) is 23.6. The van der Waals surface area contributed by atoms with Gasteiger partial charge >= 0.3 is 149 Å². The molecule has 0 amide bonds. The van der Waals surface area contributed by atoms with Gasteiger partial charge in [-0.3, -0.25) is 0 Å². The van der Waals surface area contributed by atoms with E-state index in [4.69, 9.17) is 0 Å². The van der Waals surface area contributed by atoms with Crippen molar-refractivity contribution in [2.75, 3.05) is 0 Å². The molecule has 24 heavy (non-hydrogen) atoms. The Balaban J connectivity index is 1.69. The van der Waals surface area contributed by atoms with Crippen molar-refractivity contribution in [2.45, 2.75) is 22.8 Å². The van der Waals surface area contributed by atoms with Gasteiger partial charge in [-0.1, -0.05) is 0 Å². The molecule has 1 saturated carbocycles. The van der Waals surface area contributed by atoms with Gasteiger partial charge in [0.05, 0.1) is 0 Å². The van der Waals surface area contributed by atoms with Crippen molar-refractivity contribution >= 4 is 19.4 Å². The number of rotatable bonds is 5. The van der Waals surface area contributed by atoms with E-state index in [1.165, 1.54) is 10.0 Å². The van der Waals surface area contributed by atoms with Crippen LogP contribution >= 0.6 is 0 Å². The average molecular weight is 379 g/mol. The third-order valence-electron chi connectivity index (χ3n) is 4.78. The SMILES string of the molecule is OC(c1ccccc1)[C@]1([Se]c2ccccc2)C[C@@H]1c1ccccc1. The zero-order valence-corrected chi connectivity index (χ0v) is 15.1. The van der Waals surface area contributed by atoms with E-state index in [-0.39, 0.29) is 19.3 Å². The van der Waals surface area contributed by atoms with Crippen LogP contribution < -0.4 is 4.46 Å². The number of hydrogen-bond acceptors (Lipinski definition) is 1. The van der Waals surface area contributed by atoms with Crippen molar-refractivity contribution in [3.05, 3.63) is 102 Å². The number of benzene rings is 3. The first-order valence-corrected chi connectivity index (χ1v) is 10.0. The Morgan fingerprint density at radius 1 is 0.792 bits per heavy atom. The molecule has 0 radical (unpaired) electrons. The van der Waals surface area contributed by atoms with Crippen molar-refractivity contribution in [2.24, 2.45) is 0 Å². The van der Waals surface area contributed by atoms with Gasteiger partial charge in [0.25, 0.3) is 0 Å². The molecule has 3 aromatic rings. The maximum atomic E-state index is 11.2. The van der Waals surface area contributed by atoms with Crippen LogP contribution in [0.15, 0.2) is 91.0 Å². The number of aliphatic hydroxyl groups is 1. The molecular formula is C22H20OSe. The van der Waals surface area contributed by atoms with E-state index in [0.717, 1.165) is 12.0 Å². The van der Waals surface area contributed by atoms with Crippen LogP contribution in [-0.4, -0.2) is 20.1 Å². The fourth-order valence-electron chi connectivity index (χ4n) is 3.44. The minimum absolute atomic E-state index is 0.0446. The second kappa shape index (κ2) is 6.56. The van der Waals surface area contributed by atoms with Gasteiger partial charge in [-0.25, -0.2) is 0 Å². The maximum absolute atomic E-state index is 11.2. The van der Waals surface area contributed by atoms with E-state index < -0.39 is 6.10 Å². The summed E-state index contributed by atoms with van der Waals surface area (Å²) >= 11 is 0.226. The molecule has 1 aliphatic rings. The van der Waals surface area contributed by atoms with Crippen molar-refractivity contribution in [3.63, 3.8) is 0 Å². The summed E-state index contributed by atoms with van der Waals surface area (Å²) in [6, 6.07) is 31.4. The van der Waals surface area contributed by atoms with Crippen LogP contribution in [0, 0.1) is 0 Å². The van der Waals surface area contributed by atoms with Gasteiger partial charge in [-0.05, 0) is 0 Å². The Kier molecular flexibility index (Phi) is 4.28. The van der Waals surface area contributed by atoms with E-state index in [0.29, 0.717) is 5.92 Å². The van der Waals surface area contributed by atoms with Crippen LogP contribution in [0.4, 0.5) is 0 Å². The topological polar surface area (TPSA) is 20.2 Å². The van der Waals surface area contributed by atoms with Crippen LogP contribution in [0.5, 0.6) is 0 Å². The Morgan fingerprint density at radius 3 is 1.96 bits per heavy atom. The zero-order valence-electron chi connectivity index (χ0n) is 13.4. The molecule has 0 aromatic heterocycles. The molecule has 0 aliphatic heterocycles. The van der Waals surface area contributed by atoms with E-state index in [1.807, 2.05) is 30.3 Å². The van der Waals surface area contributed by atoms with Gasteiger partial charge in [-0.2, -0.15) is 0 Å². The van der Waals surface area contributed by atoms with E-state index in [1.54, 1.807) is 0 Å². The van der Waals surface area contributed by atoms with Gasteiger partial charge in [0.15, 0.2) is 0 Å². The van der Waals surface area contributed by atoms with E-state index in [9.17, 15) is 5.11 Å². The summed E-state index contributed by atoms with van der Waals surface area (Å²) in [4.78, 5) is 0. The molecule has 1 nitrogen and oxygen atoms in total. The molecule has 0 spiro atoms. The first-order valence-electron chi connectivity index (χ1n) is 8.32. The van der Waals surface area contributed by atoms with E-state index in [2.05, 4.69) is 60.7 Å². The zero-order chi connectivity index (χ0) is 16.4. The Labute approximate surface area is 149 Å². The first-order chi connectivity index (χ1) is 11.8. The Hall–Kier alpha value is -1.86.